The van der Waals surface area contributed by atoms with Gasteiger partial charge < -0.3 is 15.8 Å². The number of ether oxygens (including phenoxy) is 1. The summed E-state index contributed by atoms with van der Waals surface area (Å²) in [6.45, 7) is 6.54. The van der Waals surface area contributed by atoms with Crippen molar-refractivity contribution < 1.29 is 9.53 Å². The van der Waals surface area contributed by atoms with Crippen LogP contribution in [0.25, 0.3) is 0 Å². The highest BCUT2D eigenvalue weighted by Gasteiger charge is 2.49. The second-order valence-electron chi connectivity index (χ2n) is 6.76. The summed E-state index contributed by atoms with van der Waals surface area (Å²) in [5.41, 5.74) is 6.24. The van der Waals surface area contributed by atoms with Gasteiger partial charge in [0.15, 0.2) is 0 Å². The van der Waals surface area contributed by atoms with Crippen LogP contribution in [0.3, 0.4) is 0 Å². The number of nitrogens with two attached hydrogens (primary N) is 1. The van der Waals surface area contributed by atoms with E-state index < -0.39 is 0 Å². The van der Waals surface area contributed by atoms with Gasteiger partial charge in [-0.1, -0.05) is 0 Å². The van der Waals surface area contributed by atoms with Crippen LogP contribution in [0.15, 0.2) is 0 Å². The molecule has 0 spiro atoms. The van der Waals surface area contributed by atoms with Crippen LogP contribution in [0.1, 0.15) is 26.2 Å². The molecule has 0 aromatic carbocycles. The van der Waals surface area contributed by atoms with Crippen LogP contribution in [0.2, 0.25) is 0 Å². The third-order valence-corrected chi connectivity index (χ3v) is 5.31. The Morgan fingerprint density at radius 2 is 2.05 bits per heavy atom. The van der Waals surface area contributed by atoms with E-state index in [0.29, 0.717) is 11.8 Å². The van der Waals surface area contributed by atoms with E-state index in [4.69, 9.17) is 10.5 Å². The smallest absolute Gasteiger partial charge is 0.225 e. The lowest BCUT2D eigenvalue weighted by molar-refractivity contribution is -0.127. The number of fused-ring (bicyclic) bond motifs is 2. The zero-order valence-electron chi connectivity index (χ0n) is 12.4. The highest BCUT2D eigenvalue weighted by atomic mass is 16.5. The minimum atomic E-state index is 0.0564. The molecule has 20 heavy (non-hydrogen) atoms. The summed E-state index contributed by atoms with van der Waals surface area (Å²) >= 11 is 0. The molecule has 3 N–H and O–H groups in total. The molecule has 3 aliphatic rings. The first kappa shape index (κ1) is 14.3. The molecule has 0 aromatic rings. The lowest BCUT2D eigenvalue weighted by Crippen LogP contribution is -2.51. The third-order valence-electron chi connectivity index (χ3n) is 5.31. The maximum absolute atomic E-state index is 12.5. The second-order valence-corrected chi connectivity index (χ2v) is 6.76. The van der Waals surface area contributed by atoms with Crippen molar-refractivity contribution in [2.45, 2.75) is 38.3 Å². The number of carbonyl (C=O) groups excluding carboxylic acids is 1. The largest absolute Gasteiger partial charge is 0.379 e. The van der Waals surface area contributed by atoms with Crippen molar-refractivity contribution in [2.75, 3.05) is 32.8 Å². The zero-order chi connectivity index (χ0) is 14.1. The number of carbonyl (C=O) groups is 1. The predicted octanol–water partition coefficient (Wildman–Crippen LogP) is 0.197. The maximum Gasteiger partial charge on any atom is 0.225 e. The molecule has 3 rings (SSSR count). The van der Waals surface area contributed by atoms with Gasteiger partial charge in [-0.05, 0) is 38.0 Å². The van der Waals surface area contributed by atoms with E-state index in [0.717, 1.165) is 39.3 Å². The Labute approximate surface area is 121 Å². The summed E-state index contributed by atoms with van der Waals surface area (Å²) in [5.74, 6) is 1.36. The van der Waals surface area contributed by atoms with Gasteiger partial charge in [0.2, 0.25) is 5.91 Å². The maximum atomic E-state index is 12.5. The first-order valence-electron chi connectivity index (χ1n) is 8.01. The highest BCUT2D eigenvalue weighted by molar-refractivity contribution is 5.80. The predicted molar refractivity (Wildman–Crippen MR) is 77.2 cm³/mol. The molecule has 2 bridgehead atoms. The van der Waals surface area contributed by atoms with Gasteiger partial charge in [-0.25, -0.2) is 0 Å². The van der Waals surface area contributed by atoms with E-state index in [2.05, 4.69) is 17.1 Å². The van der Waals surface area contributed by atoms with Crippen molar-refractivity contribution in [1.29, 1.82) is 0 Å². The number of amides is 1. The zero-order valence-corrected chi connectivity index (χ0v) is 12.4. The number of nitrogens with zero attached hydrogens (tertiary/aromatic N) is 1. The molecule has 5 heteroatoms. The van der Waals surface area contributed by atoms with E-state index in [9.17, 15) is 4.79 Å². The van der Waals surface area contributed by atoms with Gasteiger partial charge in [0.25, 0.3) is 0 Å². The van der Waals surface area contributed by atoms with Gasteiger partial charge >= 0.3 is 0 Å². The molecule has 2 aliphatic carbocycles. The van der Waals surface area contributed by atoms with E-state index in [1.165, 1.54) is 12.8 Å². The quantitative estimate of drug-likeness (QED) is 0.772. The lowest BCUT2D eigenvalue weighted by atomic mass is 9.84. The molecule has 1 saturated heterocycles. The van der Waals surface area contributed by atoms with Gasteiger partial charge in [-0.15, -0.1) is 0 Å². The van der Waals surface area contributed by atoms with E-state index >= 15 is 0 Å². The summed E-state index contributed by atoms with van der Waals surface area (Å²) < 4.78 is 5.35. The van der Waals surface area contributed by atoms with Gasteiger partial charge in [-0.2, -0.15) is 0 Å². The average Bonchev–Trinajstić information content (AvgIpc) is 3.00. The van der Waals surface area contributed by atoms with Crippen molar-refractivity contribution in [2.24, 2.45) is 23.5 Å². The fourth-order valence-corrected chi connectivity index (χ4v) is 4.28. The first-order valence-corrected chi connectivity index (χ1v) is 8.01. The molecule has 3 fully saturated rings. The van der Waals surface area contributed by atoms with Gasteiger partial charge in [0, 0.05) is 31.7 Å². The summed E-state index contributed by atoms with van der Waals surface area (Å²) in [5, 5.41) is 3.18. The molecular formula is C15H27N3O2. The second kappa shape index (κ2) is 6.00. The molecule has 5 nitrogen and oxygen atoms in total. The SMILES string of the molecule is CC(CN1CCOCC1)NC(=O)C1C2CCC(C2)C1N. The molecule has 2 saturated carbocycles. The number of hydrogen-bond donors (Lipinski definition) is 2. The molecule has 1 amide bonds. The van der Waals surface area contributed by atoms with E-state index in [1.54, 1.807) is 0 Å². The number of nitrogens with one attached hydrogen (secondary N) is 1. The molecule has 1 heterocycles. The van der Waals surface area contributed by atoms with E-state index in [-0.39, 0.29) is 23.9 Å². The fourth-order valence-electron chi connectivity index (χ4n) is 4.28. The monoisotopic (exact) mass is 281 g/mol. The third kappa shape index (κ3) is 2.85. The Morgan fingerprint density at radius 1 is 1.35 bits per heavy atom. The van der Waals surface area contributed by atoms with Crippen molar-refractivity contribution in [1.82, 2.24) is 10.2 Å². The van der Waals surface area contributed by atoms with Crippen LogP contribution in [0.5, 0.6) is 0 Å². The molecule has 114 valence electrons. The Morgan fingerprint density at radius 3 is 2.70 bits per heavy atom. The van der Waals surface area contributed by atoms with Crippen LogP contribution >= 0.6 is 0 Å². The standard InChI is InChI=1S/C15H27N3O2/c1-10(9-18-4-6-20-7-5-18)17-15(19)13-11-2-3-12(8-11)14(13)16/h10-14H,2-9,16H2,1H3,(H,17,19). The Hall–Kier alpha value is -0.650. The number of rotatable bonds is 4. The van der Waals surface area contributed by atoms with Crippen molar-refractivity contribution >= 4 is 5.91 Å². The van der Waals surface area contributed by atoms with Crippen LogP contribution in [-0.2, 0) is 9.53 Å². The minimum absolute atomic E-state index is 0.0564. The van der Waals surface area contributed by atoms with Gasteiger partial charge in [0.1, 0.15) is 0 Å². The molecular weight excluding hydrogens is 254 g/mol. The average molecular weight is 281 g/mol. The number of hydrogen-bond acceptors (Lipinski definition) is 4. The molecule has 1 aliphatic heterocycles. The van der Waals surface area contributed by atoms with Crippen LogP contribution in [0.4, 0.5) is 0 Å². The normalized spacial score (nSPS) is 38.9. The summed E-state index contributed by atoms with van der Waals surface area (Å²) in [6, 6.07) is 0.274. The van der Waals surface area contributed by atoms with E-state index in [1.807, 2.05) is 0 Å². The van der Waals surface area contributed by atoms with Gasteiger partial charge in [0.05, 0.1) is 19.1 Å². The molecule has 5 atom stereocenters. The number of morpholine rings is 1. The van der Waals surface area contributed by atoms with Crippen LogP contribution in [0, 0.1) is 17.8 Å². The minimum Gasteiger partial charge on any atom is -0.379 e. The first-order chi connectivity index (χ1) is 9.65. The Kier molecular flexibility index (Phi) is 4.29. The van der Waals surface area contributed by atoms with Crippen molar-refractivity contribution in [3.8, 4) is 0 Å². The lowest BCUT2D eigenvalue weighted by Gasteiger charge is -2.31. The summed E-state index contributed by atoms with van der Waals surface area (Å²) in [7, 11) is 0. The fraction of sp³-hybridized carbons (Fsp3) is 0.933. The molecule has 5 unspecified atom stereocenters. The topological polar surface area (TPSA) is 67.6 Å². The molecule has 0 radical (unpaired) electrons. The highest BCUT2D eigenvalue weighted by Crippen LogP contribution is 2.47. The summed E-state index contributed by atoms with van der Waals surface area (Å²) in [6.07, 6.45) is 3.57. The Balaban J connectivity index is 1.48. The van der Waals surface area contributed by atoms with Crippen LogP contribution < -0.4 is 11.1 Å². The van der Waals surface area contributed by atoms with Crippen molar-refractivity contribution in [3.05, 3.63) is 0 Å². The van der Waals surface area contributed by atoms with Gasteiger partial charge in [-0.3, -0.25) is 9.69 Å². The van der Waals surface area contributed by atoms with Crippen molar-refractivity contribution in [3.63, 3.8) is 0 Å². The Bertz CT molecular complexity index is 355. The molecule has 0 aromatic heterocycles. The van der Waals surface area contributed by atoms with Crippen LogP contribution in [-0.4, -0.2) is 55.7 Å². The summed E-state index contributed by atoms with van der Waals surface area (Å²) in [4.78, 5) is 14.8.